The van der Waals surface area contributed by atoms with Gasteiger partial charge in [0, 0.05) is 37.4 Å². The summed E-state index contributed by atoms with van der Waals surface area (Å²) in [7, 11) is 0. The van der Waals surface area contributed by atoms with Crippen LogP contribution in [0, 0.1) is 0 Å². The molecule has 3 rings (SSSR count). The second-order valence-electron chi connectivity index (χ2n) is 5.35. The Bertz CT molecular complexity index is 371. The summed E-state index contributed by atoms with van der Waals surface area (Å²) in [5, 5.41) is 3.73. The van der Waals surface area contributed by atoms with E-state index in [0.717, 1.165) is 6.04 Å². The van der Waals surface area contributed by atoms with Crippen molar-refractivity contribution >= 4 is 12.4 Å². The lowest BCUT2D eigenvalue weighted by atomic mass is 10.1. The summed E-state index contributed by atoms with van der Waals surface area (Å²) < 4.78 is 0. The van der Waals surface area contributed by atoms with Crippen LogP contribution in [0.2, 0.25) is 0 Å². The van der Waals surface area contributed by atoms with E-state index in [1.807, 2.05) is 12.3 Å². The van der Waals surface area contributed by atoms with Crippen molar-refractivity contribution in [1.82, 2.24) is 15.2 Å². The fourth-order valence-corrected chi connectivity index (χ4v) is 3.13. The van der Waals surface area contributed by atoms with Gasteiger partial charge < -0.3 is 5.32 Å². The molecule has 0 aromatic carbocycles. The molecule has 4 heteroatoms. The number of fused-ring (bicyclic) bond motifs is 2. The molecule has 3 unspecified atom stereocenters. The highest BCUT2D eigenvalue weighted by atomic mass is 35.5. The molecular weight excluding hydrogens is 246 g/mol. The molecule has 0 aliphatic carbocycles. The van der Waals surface area contributed by atoms with Crippen molar-refractivity contribution in [1.29, 1.82) is 0 Å². The van der Waals surface area contributed by atoms with Gasteiger partial charge in [0.2, 0.25) is 0 Å². The Kier molecular flexibility index (Phi) is 4.60. The number of hydrogen-bond donors (Lipinski definition) is 1. The van der Waals surface area contributed by atoms with E-state index in [1.165, 1.54) is 38.0 Å². The number of aromatic nitrogens is 1. The van der Waals surface area contributed by atoms with E-state index in [1.54, 1.807) is 0 Å². The molecule has 1 N–H and O–H groups in total. The third-order valence-corrected chi connectivity index (χ3v) is 4.22. The Labute approximate surface area is 115 Å². The van der Waals surface area contributed by atoms with Crippen LogP contribution in [0.3, 0.4) is 0 Å². The largest absolute Gasteiger partial charge is 0.310 e. The quantitative estimate of drug-likeness (QED) is 0.892. The van der Waals surface area contributed by atoms with E-state index in [4.69, 9.17) is 0 Å². The molecule has 3 nitrogen and oxygen atoms in total. The van der Waals surface area contributed by atoms with Gasteiger partial charge in [-0.15, -0.1) is 12.4 Å². The van der Waals surface area contributed by atoms with Crippen LogP contribution in [0.15, 0.2) is 24.4 Å². The number of nitrogens with zero attached hydrogens (tertiary/aromatic N) is 2. The zero-order chi connectivity index (χ0) is 11.7. The van der Waals surface area contributed by atoms with Crippen LogP contribution in [0.4, 0.5) is 0 Å². The van der Waals surface area contributed by atoms with Crippen LogP contribution in [-0.2, 0) is 0 Å². The molecule has 0 spiro atoms. The van der Waals surface area contributed by atoms with Crippen molar-refractivity contribution in [3.8, 4) is 0 Å². The zero-order valence-electron chi connectivity index (χ0n) is 10.9. The Morgan fingerprint density at radius 2 is 2.11 bits per heavy atom. The number of nitrogens with one attached hydrogen (secondary N) is 1. The lowest BCUT2D eigenvalue weighted by molar-refractivity contribution is 0.196. The predicted molar refractivity (Wildman–Crippen MR) is 76.0 cm³/mol. The molecule has 0 amide bonds. The van der Waals surface area contributed by atoms with Gasteiger partial charge in [0.25, 0.3) is 0 Å². The van der Waals surface area contributed by atoms with E-state index in [9.17, 15) is 0 Å². The topological polar surface area (TPSA) is 28.2 Å². The van der Waals surface area contributed by atoms with Crippen molar-refractivity contribution in [2.75, 3.05) is 13.1 Å². The summed E-state index contributed by atoms with van der Waals surface area (Å²) in [5.41, 5.74) is 1.20. The second kappa shape index (κ2) is 6.00. The van der Waals surface area contributed by atoms with Gasteiger partial charge in [-0.3, -0.25) is 9.88 Å². The van der Waals surface area contributed by atoms with E-state index < -0.39 is 0 Å². The van der Waals surface area contributed by atoms with Crippen LogP contribution < -0.4 is 5.32 Å². The molecule has 2 fully saturated rings. The highest BCUT2D eigenvalue weighted by Gasteiger charge is 2.31. The molecule has 1 aromatic heterocycles. The SMILES string of the molecule is CC(c1ccccn1)N1CCC2CCC(C1)N2.Cl. The second-order valence-corrected chi connectivity index (χ2v) is 5.35. The summed E-state index contributed by atoms with van der Waals surface area (Å²) in [6.07, 6.45) is 5.90. The van der Waals surface area contributed by atoms with Gasteiger partial charge in [0.1, 0.15) is 0 Å². The van der Waals surface area contributed by atoms with Crippen molar-refractivity contribution in [2.24, 2.45) is 0 Å². The van der Waals surface area contributed by atoms with Crippen molar-refractivity contribution in [2.45, 2.75) is 44.3 Å². The molecular formula is C14H22ClN3. The molecule has 1 aromatic rings. The van der Waals surface area contributed by atoms with Gasteiger partial charge in [-0.1, -0.05) is 6.07 Å². The monoisotopic (exact) mass is 267 g/mol. The first-order valence-corrected chi connectivity index (χ1v) is 6.74. The fraction of sp³-hybridized carbons (Fsp3) is 0.643. The van der Waals surface area contributed by atoms with Gasteiger partial charge in [0.05, 0.1) is 5.69 Å². The van der Waals surface area contributed by atoms with Gasteiger partial charge >= 0.3 is 0 Å². The average molecular weight is 268 g/mol. The van der Waals surface area contributed by atoms with Gasteiger partial charge in [-0.2, -0.15) is 0 Å². The van der Waals surface area contributed by atoms with E-state index in [2.05, 4.69) is 34.3 Å². The minimum absolute atomic E-state index is 0. The van der Waals surface area contributed by atoms with Crippen molar-refractivity contribution in [3.63, 3.8) is 0 Å². The number of hydrogen-bond acceptors (Lipinski definition) is 3. The Morgan fingerprint density at radius 1 is 1.28 bits per heavy atom. The summed E-state index contributed by atoms with van der Waals surface area (Å²) in [4.78, 5) is 7.07. The highest BCUT2D eigenvalue weighted by molar-refractivity contribution is 5.85. The van der Waals surface area contributed by atoms with Gasteiger partial charge in [-0.25, -0.2) is 0 Å². The molecule has 2 aliphatic heterocycles. The zero-order valence-corrected chi connectivity index (χ0v) is 11.7. The van der Waals surface area contributed by atoms with Crippen molar-refractivity contribution < 1.29 is 0 Å². The van der Waals surface area contributed by atoms with E-state index in [-0.39, 0.29) is 12.4 Å². The molecule has 0 radical (unpaired) electrons. The minimum Gasteiger partial charge on any atom is -0.310 e. The molecule has 100 valence electrons. The normalized spacial score (nSPS) is 29.4. The minimum atomic E-state index is 0. The Hall–Kier alpha value is -0.640. The van der Waals surface area contributed by atoms with Crippen LogP contribution in [0.1, 0.15) is 37.9 Å². The molecule has 2 saturated heterocycles. The van der Waals surface area contributed by atoms with Crippen LogP contribution in [0.5, 0.6) is 0 Å². The maximum Gasteiger partial charge on any atom is 0.0572 e. The summed E-state index contributed by atoms with van der Waals surface area (Å²) in [6.45, 7) is 4.65. The van der Waals surface area contributed by atoms with Crippen LogP contribution >= 0.6 is 12.4 Å². The fourth-order valence-electron chi connectivity index (χ4n) is 3.13. The van der Waals surface area contributed by atoms with Crippen molar-refractivity contribution in [3.05, 3.63) is 30.1 Å². The Morgan fingerprint density at radius 3 is 2.89 bits per heavy atom. The maximum atomic E-state index is 4.48. The Balaban J connectivity index is 0.00000120. The number of likely N-dealkylation sites (tertiary alicyclic amines) is 1. The van der Waals surface area contributed by atoms with E-state index in [0.29, 0.717) is 12.1 Å². The lowest BCUT2D eigenvalue weighted by Crippen LogP contribution is -2.36. The first kappa shape index (κ1) is 13.8. The molecule has 3 heterocycles. The number of pyridine rings is 1. The molecule has 3 atom stereocenters. The maximum absolute atomic E-state index is 4.48. The smallest absolute Gasteiger partial charge is 0.0572 e. The van der Waals surface area contributed by atoms with E-state index >= 15 is 0 Å². The van der Waals surface area contributed by atoms with Gasteiger partial charge in [-0.05, 0) is 38.3 Å². The number of halogens is 1. The highest BCUT2D eigenvalue weighted by Crippen LogP contribution is 2.26. The average Bonchev–Trinajstić information content (AvgIpc) is 2.69. The summed E-state index contributed by atoms with van der Waals surface area (Å²) in [6, 6.07) is 8.12. The first-order chi connectivity index (χ1) is 8.33. The van der Waals surface area contributed by atoms with Gasteiger partial charge in [0.15, 0.2) is 0 Å². The molecule has 2 bridgehead atoms. The summed E-state index contributed by atoms with van der Waals surface area (Å²) in [5.74, 6) is 0. The third kappa shape index (κ3) is 2.85. The summed E-state index contributed by atoms with van der Waals surface area (Å²) >= 11 is 0. The molecule has 18 heavy (non-hydrogen) atoms. The standard InChI is InChI=1S/C14H21N3.ClH/c1-11(14-4-2-3-8-15-14)17-9-7-12-5-6-13(10-17)16-12;/h2-4,8,11-13,16H,5-7,9-10H2,1H3;1H. The molecule has 0 saturated carbocycles. The lowest BCUT2D eigenvalue weighted by Gasteiger charge is -2.29. The predicted octanol–water partition coefficient (Wildman–Crippen LogP) is 2.39. The third-order valence-electron chi connectivity index (χ3n) is 4.22. The van der Waals surface area contributed by atoms with Crippen LogP contribution in [0.25, 0.3) is 0 Å². The van der Waals surface area contributed by atoms with Crippen LogP contribution in [-0.4, -0.2) is 35.1 Å². The molecule has 2 aliphatic rings. The first-order valence-electron chi connectivity index (χ1n) is 6.74. The number of rotatable bonds is 2.